The number of carbonyl (C=O) groups is 2. The molecule has 0 aromatic heterocycles. The van der Waals surface area contributed by atoms with Crippen LogP contribution in [0.4, 0.5) is 5.69 Å². The fourth-order valence-electron chi connectivity index (χ4n) is 1.91. The highest BCUT2D eigenvalue weighted by molar-refractivity contribution is 6.37. The van der Waals surface area contributed by atoms with Gasteiger partial charge in [-0.2, -0.15) is 0 Å². The van der Waals surface area contributed by atoms with Gasteiger partial charge in [-0.15, -0.1) is 0 Å². The molecule has 1 aliphatic heterocycles. The van der Waals surface area contributed by atoms with Gasteiger partial charge in [-0.05, 0) is 6.07 Å². The molecule has 2 rings (SSSR count). The Hall–Kier alpha value is -1.96. The molecule has 25 heavy (non-hydrogen) atoms. The van der Waals surface area contributed by atoms with Crippen molar-refractivity contribution in [2.45, 2.75) is 19.6 Å². The Labute approximate surface area is 154 Å². The van der Waals surface area contributed by atoms with E-state index in [2.05, 4.69) is 5.32 Å². The zero-order chi connectivity index (χ0) is 18.6. The number of rotatable bonds is 6. The number of cyclic esters (lactones) is 2. The third kappa shape index (κ3) is 5.01. The van der Waals surface area contributed by atoms with Crippen LogP contribution in [0, 0.1) is 0 Å². The van der Waals surface area contributed by atoms with Gasteiger partial charge in [0, 0.05) is 33.2 Å². The minimum atomic E-state index is -1.30. The molecule has 0 bridgehead atoms. The first kappa shape index (κ1) is 19.4. The standard InChI is InChI=1S/C16H17Cl2NO6/c1-16(2)24-14(20)9(15(21)25-16)8-19-12-7-13(23-5-4-22-3)11(18)6-10(12)17/h6-8,19H,4-5H2,1-3H3. The molecule has 1 aliphatic rings. The predicted molar refractivity (Wildman–Crippen MR) is 91.8 cm³/mol. The van der Waals surface area contributed by atoms with Gasteiger partial charge in [-0.1, -0.05) is 23.2 Å². The summed E-state index contributed by atoms with van der Waals surface area (Å²) in [6.07, 6.45) is 1.16. The number of ether oxygens (including phenoxy) is 4. The van der Waals surface area contributed by atoms with Crippen LogP contribution >= 0.6 is 23.2 Å². The summed E-state index contributed by atoms with van der Waals surface area (Å²) in [5.41, 5.74) is 0.101. The van der Waals surface area contributed by atoms with Crippen molar-refractivity contribution in [2.24, 2.45) is 0 Å². The van der Waals surface area contributed by atoms with Crippen LogP contribution in [0.5, 0.6) is 5.75 Å². The van der Waals surface area contributed by atoms with E-state index in [1.807, 2.05) is 0 Å². The van der Waals surface area contributed by atoms with Crippen molar-refractivity contribution in [3.63, 3.8) is 0 Å². The normalized spacial score (nSPS) is 16.1. The second kappa shape index (κ2) is 7.95. The van der Waals surface area contributed by atoms with Gasteiger partial charge in [-0.3, -0.25) is 0 Å². The second-order valence-electron chi connectivity index (χ2n) is 5.48. The number of carbonyl (C=O) groups excluding carboxylic acids is 2. The number of nitrogens with one attached hydrogen (secondary N) is 1. The van der Waals surface area contributed by atoms with E-state index in [-0.39, 0.29) is 10.6 Å². The molecular weight excluding hydrogens is 373 g/mol. The van der Waals surface area contributed by atoms with Crippen LogP contribution in [0.15, 0.2) is 23.9 Å². The lowest BCUT2D eigenvalue weighted by molar-refractivity contribution is -0.222. The number of hydrogen-bond acceptors (Lipinski definition) is 7. The van der Waals surface area contributed by atoms with E-state index >= 15 is 0 Å². The first-order valence-corrected chi connectivity index (χ1v) is 8.03. The highest BCUT2D eigenvalue weighted by Gasteiger charge is 2.38. The lowest BCUT2D eigenvalue weighted by Gasteiger charge is -2.29. The number of benzene rings is 1. The molecule has 0 amide bonds. The van der Waals surface area contributed by atoms with Gasteiger partial charge in [-0.25, -0.2) is 9.59 Å². The van der Waals surface area contributed by atoms with Gasteiger partial charge in [0.2, 0.25) is 0 Å². The topological polar surface area (TPSA) is 83.1 Å². The number of anilines is 1. The zero-order valence-electron chi connectivity index (χ0n) is 13.9. The fourth-order valence-corrected chi connectivity index (χ4v) is 2.41. The number of methoxy groups -OCH3 is 1. The van der Waals surface area contributed by atoms with Crippen LogP contribution in [0.1, 0.15) is 13.8 Å². The molecule has 7 nitrogen and oxygen atoms in total. The Morgan fingerprint density at radius 1 is 1.12 bits per heavy atom. The molecule has 9 heteroatoms. The Bertz CT molecular complexity index is 695. The Morgan fingerprint density at radius 2 is 1.76 bits per heavy atom. The highest BCUT2D eigenvalue weighted by atomic mass is 35.5. The summed E-state index contributed by atoms with van der Waals surface area (Å²) in [7, 11) is 1.55. The number of halogens is 2. The van der Waals surface area contributed by atoms with E-state index in [0.717, 1.165) is 6.20 Å². The first-order chi connectivity index (χ1) is 11.7. The van der Waals surface area contributed by atoms with Crippen molar-refractivity contribution in [3.8, 4) is 5.75 Å². The van der Waals surface area contributed by atoms with Crippen molar-refractivity contribution < 1.29 is 28.5 Å². The lowest BCUT2D eigenvalue weighted by Crippen LogP contribution is -2.42. The van der Waals surface area contributed by atoms with Crippen molar-refractivity contribution >= 4 is 40.8 Å². The van der Waals surface area contributed by atoms with Crippen LogP contribution in [-0.4, -0.2) is 38.0 Å². The molecular formula is C16H17Cl2NO6. The largest absolute Gasteiger partial charge is 0.490 e. The molecule has 0 atom stereocenters. The summed E-state index contributed by atoms with van der Waals surface area (Å²) in [5.74, 6) is -2.52. The Kier molecular flexibility index (Phi) is 6.16. The summed E-state index contributed by atoms with van der Waals surface area (Å²) in [6.45, 7) is 3.62. The van der Waals surface area contributed by atoms with Gasteiger partial charge in [0.25, 0.3) is 5.79 Å². The molecule has 1 aromatic rings. The quantitative estimate of drug-likeness (QED) is 0.346. The van der Waals surface area contributed by atoms with E-state index in [4.69, 9.17) is 42.1 Å². The van der Waals surface area contributed by atoms with Crippen LogP contribution in [0.2, 0.25) is 10.0 Å². The van der Waals surface area contributed by atoms with Crippen molar-refractivity contribution in [1.29, 1.82) is 0 Å². The van der Waals surface area contributed by atoms with E-state index in [1.54, 1.807) is 13.2 Å². The van der Waals surface area contributed by atoms with Crippen molar-refractivity contribution in [3.05, 3.63) is 34.0 Å². The van der Waals surface area contributed by atoms with Crippen LogP contribution in [0.3, 0.4) is 0 Å². The average Bonchev–Trinajstić information content (AvgIpc) is 2.49. The van der Waals surface area contributed by atoms with Crippen molar-refractivity contribution in [1.82, 2.24) is 0 Å². The molecule has 0 unspecified atom stereocenters. The predicted octanol–water partition coefficient (Wildman–Crippen LogP) is 3.15. The fraction of sp³-hybridized carbons (Fsp3) is 0.375. The maximum atomic E-state index is 11.9. The number of hydrogen-bond donors (Lipinski definition) is 1. The van der Waals surface area contributed by atoms with E-state index < -0.39 is 17.7 Å². The van der Waals surface area contributed by atoms with Crippen molar-refractivity contribution in [2.75, 3.05) is 25.6 Å². The SMILES string of the molecule is COCCOc1cc(NC=C2C(=O)OC(C)(C)OC2=O)c(Cl)cc1Cl. The molecule has 1 saturated heterocycles. The van der Waals surface area contributed by atoms with Crippen LogP contribution in [-0.2, 0) is 23.8 Å². The van der Waals surface area contributed by atoms with Crippen LogP contribution < -0.4 is 10.1 Å². The van der Waals surface area contributed by atoms with Gasteiger partial charge in [0.05, 0.1) is 22.3 Å². The molecule has 1 fully saturated rings. The molecule has 0 radical (unpaired) electrons. The summed E-state index contributed by atoms with van der Waals surface area (Å²) in [6, 6.07) is 3.02. The van der Waals surface area contributed by atoms with Gasteiger partial charge in [0.1, 0.15) is 12.4 Å². The highest BCUT2D eigenvalue weighted by Crippen LogP contribution is 2.34. The molecule has 0 aliphatic carbocycles. The van der Waals surface area contributed by atoms with Gasteiger partial charge in [0.15, 0.2) is 5.57 Å². The third-order valence-electron chi connectivity index (χ3n) is 3.06. The number of esters is 2. The second-order valence-corrected chi connectivity index (χ2v) is 6.30. The Morgan fingerprint density at radius 3 is 2.36 bits per heavy atom. The van der Waals surface area contributed by atoms with E-state index in [1.165, 1.54) is 19.9 Å². The maximum Gasteiger partial charge on any atom is 0.350 e. The Balaban J connectivity index is 2.18. The average molecular weight is 390 g/mol. The zero-order valence-corrected chi connectivity index (χ0v) is 15.4. The molecule has 0 saturated carbocycles. The van der Waals surface area contributed by atoms with Gasteiger partial charge >= 0.3 is 11.9 Å². The molecule has 0 spiro atoms. The summed E-state index contributed by atoms with van der Waals surface area (Å²) in [5, 5.41) is 3.36. The molecule has 136 valence electrons. The molecule has 1 aromatic carbocycles. The van der Waals surface area contributed by atoms with Crippen LogP contribution in [0.25, 0.3) is 0 Å². The van der Waals surface area contributed by atoms with Gasteiger partial charge < -0.3 is 24.3 Å². The monoisotopic (exact) mass is 389 g/mol. The smallest absolute Gasteiger partial charge is 0.350 e. The minimum absolute atomic E-state index is 0.277. The summed E-state index contributed by atoms with van der Waals surface area (Å²) in [4.78, 5) is 23.8. The summed E-state index contributed by atoms with van der Waals surface area (Å²) < 4.78 is 20.4. The van der Waals surface area contributed by atoms with E-state index in [0.29, 0.717) is 29.7 Å². The molecule has 1 heterocycles. The third-order valence-corrected chi connectivity index (χ3v) is 3.66. The lowest BCUT2D eigenvalue weighted by atomic mass is 10.2. The van der Waals surface area contributed by atoms with E-state index in [9.17, 15) is 9.59 Å². The maximum absolute atomic E-state index is 11.9. The first-order valence-electron chi connectivity index (χ1n) is 7.27. The minimum Gasteiger partial charge on any atom is -0.490 e. The summed E-state index contributed by atoms with van der Waals surface area (Å²) >= 11 is 12.2. The molecule has 1 N–H and O–H groups in total.